The second-order valence-corrected chi connectivity index (χ2v) is 7.08. The van der Waals surface area contributed by atoms with Gasteiger partial charge in [-0.05, 0) is 44.9 Å². The highest BCUT2D eigenvalue weighted by atomic mass is 19.1. The zero-order chi connectivity index (χ0) is 19.6. The van der Waals surface area contributed by atoms with Crippen molar-refractivity contribution in [3.05, 3.63) is 46.8 Å². The van der Waals surface area contributed by atoms with Crippen molar-refractivity contribution in [1.82, 2.24) is 19.7 Å². The molecule has 2 aromatic rings. The summed E-state index contributed by atoms with van der Waals surface area (Å²) < 4.78 is 20.7. The molecule has 0 saturated carbocycles. The molecular weight excluding hydrogens is 349 g/mol. The van der Waals surface area contributed by atoms with E-state index in [9.17, 15) is 9.18 Å². The molecule has 0 spiro atoms. The first-order valence-electron chi connectivity index (χ1n) is 8.38. The molecule has 1 aromatic carbocycles. The van der Waals surface area contributed by atoms with Gasteiger partial charge in [0.2, 0.25) is 5.82 Å². The van der Waals surface area contributed by atoms with Crippen molar-refractivity contribution >= 4 is 6.09 Å². The number of rotatable bonds is 0. The van der Waals surface area contributed by atoms with Crippen LogP contribution in [0.2, 0.25) is 0 Å². The fourth-order valence-electron chi connectivity index (χ4n) is 2.59. The lowest BCUT2D eigenvalue weighted by Crippen LogP contribution is -2.41. The lowest BCUT2D eigenvalue weighted by atomic mass is 10.1. The number of ether oxygens (including phenoxy) is 1. The van der Waals surface area contributed by atoms with E-state index in [1.165, 1.54) is 12.1 Å². The number of nitrogens with zero attached hydrogens (tertiary/aromatic N) is 5. The van der Waals surface area contributed by atoms with E-state index in [1.807, 2.05) is 31.4 Å². The first-order valence-corrected chi connectivity index (χ1v) is 8.38. The molecule has 1 aromatic heterocycles. The van der Waals surface area contributed by atoms with Crippen LogP contribution < -0.4 is 0 Å². The van der Waals surface area contributed by atoms with Crippen LogP contribution in [0.1, 0.15) is 43.5 Å². The maximum Gasteiger partial charge on any atom is 0.410 e. The third-order valence-electron chi connectivity index (χ3n) is 3.75. The zero-order valence-electron chi connectivity index (χ0n) is 15.3. The average Bonchev–Trinajstić information content (AvgIpc) is 3.00. The third-order valence-corrected chi connectivity index (χ3v) is 3.75. The number of carbonyl (C=O) groups excluding carboxylic acids is 1. The molecule has 3 rings (SSSR count). The summed E-state index contributed by atoms with van der Waals surface area (Å²) in [5.74, 6) is 6.18. The number of fused-ring (bicyclic) bond motifs is 1. The number of nitriles is 1. The molecule has 0 fully saturated rings. The summed E-state index contributed by atoms with van der Waals surface area (Å²) in [5, 5.41) is 17.0. The van der Waals surface area contributed by atoms with Crippen molar-refractivity contribution in [2.45, 2.75) is 39.5 Å². The minimum absolute atomic E-state index is 0.204. The van der Waals surface area contributed by atoms with Crippen LogP contribution in [0.15, 0.2) is 18.2 Å². The maximum absolute atomic E-state index is 13.5. The second kappa shape index (κ2) is 7.08. The maximum atomic E-state index is 13.5. The number of halogens is 1. The molecule has 7 nitrogen and oxygen atoms in total. The molecule has 0 unspecified atom stereocenters. The summed E-state index contributed by atoms with van der Waals surface area (Å²) in [6, 6.07) is 5.80. The van der Waals surface area contributed by atoms with Gasteiger partial charge in [-0.15, -0.1) is 10.2 Å². The largest absolute Gasteiger partial charge is 0.444 e. The summed E-state index contributed by atoms with van der Waals surface area (Å²) in [6.07, 6.45) is -0.395. The first kappa shape index (κ1) is 18.4. The van der Waals surface area contributed by atoms with Gasteiger partial charge in [-0.3, -0.25) is 4.90 Å². The van der Waals surface area contributed by atoms with Crippen LogP contribution in [-0.4, -0.2) is 37.9 Å². The Morgan fingerprint density at radius 2 is 1.93 bits per heavy atom. The van der Waals surface area contributed by atoms with Crippen molar-refractivity contribution in [2.75, 3.05) is 6.54 Å². The van der Waals surface area contributed by atoms with Crippen molar-refractivity contribution in [1.29, 1.82) is 5.26 Å². The molecule has 0 bridgehead atoms. The van der Waals surface area contributed by atoms with Gasteiger partial charge < -0.3 is 9.30 Å². The molecule has 1 amide bonds. The Labute approximate surface area is 156 Å². The van der Waals surface area contributed by atoms with Gasteiger partial charge in [0.25, 0.3) is 0 Å². The van der Waals surface area contributed by atoms with Crippen molar-refractivity contribution in [3.8, 4) is 17.9 Å². The SMILES string of the molecule is CC(C)(C)OC(=O)N1CCn2c(C#Cc3cc(F)cc(C#N)c3)nnc2C1. The Bertz CT molecular complexity index is 988. The molecule has 138 valence electrons. The second-order valence-electron chi connectivity index (χ2n) is 7.08. The first-order chi connectivity index (χ1) is 12.7. The van der Waals surface area contributed by atoms with Crippen LogP contribution in [0.4, 0.5) is 9.18 Å². The summed E-state index contributed by atoms with van der Waals surface area (Å²) in [4.78, 5) is 13.8. The molecular formula is C19H18FN5O2. The van der Waals surface area contributed by atoms with Crippen molar-refractivity contribution < 1.29 is 13.9 Å². The molecule has 0 radical (unpaired) electrons. The normalized spacial score (nSPS) is 13.2. The van der Waals surface area contributed by atoms with Gasteiger partial charge in [0.05, 0.1) is 18.2 Å². The molecule has 0 N–H and O–H groups in total. The van der Waals surface area contributed by atoms with Gasteiger partial charge in [0.15, 0.2) is 5.82 Å². The van der Waals surface area contributed by atoms with Gasteiger partial charge in [0, 0.05) is 18.7 Å². The Kier molecular flexibility index (Phi) is 4.83. The van der Waals surface area contributed by atoms with Crippen LogP contribution in [0.5, 0.6) is 0 Å². The highest BCUT2D eigenvalue weighted by molar-refractivity contribution is 5.68. The smallest absolute Gasteiger partial charge is 0.410 e. The fraction of sp³-hybridized carbons (Fsp3) is 0.368. The van der Waals surface area contributed by atoms with Crippen LogP contribution in [0.25, 0.3) is 0 Å². The highest BCUT2D eigenvalue weighted by Gasteiger charge is 2.27. The number of benzene rings is 1. The third kappa shape index (κ3) is 4.42. The molecule has 2 heterocycles. The molecule has 0 aliphatic carbocycles. The Morgan fingerprint density at radius 1 is 1.19 bits per heavy atom. The Morgan fingerprint density at radius 3 is 2.63 bits per heavy atom. The molecule has 8 heteroatoms. The van der Waals surface area contributed by atoms with Crippen LogP contribution in [0.3, 0.4) is 0 Å². The Hall–Kier alpha value is -3.39. The van der Waals surface area contributed by atoms with Crippen LogP contribution in [-0.2, 0) is 17.8 Å². The summed E-state index contributed by atoms with van der Waals surface area (Å²) in [7, 11) is 0. The van der Waals surface area contributed by atoms with Gasteiger partial charge in [-0.2, -0.15) is 5.26 Å². The van der Waals surface area contributed by atoms with E-state index in [0.29, 0.717) is 30.3 Å². The summed E-state index contributed by atoms with van der Waals surface area (Å²) in [6.45, 7) is 6.66. The average molecular weight is 367 g/mol. The lowest BCUT2D eigenvalue weighted by Gasteiger charge is -2.30. The summed E-state index contributed by atoms with van der Waals surface area (Å²) >= 11 is 0. The number of aromatic nitrogens is 3. The standard InChI is InChI=1S/C19H18FN5O2/c1-19(2,3)27-18(26)24-6-7-25-16(22-23-17(25)12-24)5-4-13-8-14(11-21)10-15(20)9-13/h8-10H,6-7,12H2,1-3H3. The van der Waals surface area contributed by atoms with E-state index < -0.39 is 17.5 Å². The van der Waals surface area contributed by atoms with E-state index >= 15 is 0 Å². The number of amides is 1. The number of hydrogen-bond acceptors (Lipinski definition) is 5. The van der Waals surface area contributed by atoms with E-state index in [0.717, 1.165) is 6.07 Å². The van der Waals surface area contributed by atoms with E-state index in [1.54, 1.807) is 4.90 Å². The van der Waals surface area contributed by atoms with E-state index in [-0.39, 0.29) is 12.1 Å². The van der Waals surface area contributed by atoms with Crippen molar-refractivity contribution in [3.63, 3.8) is 0 Å². The van der Waals surface area contributed by atoms with E-state index in [2.05, 4.69) is 22.0 Å². The molecule has 0 atom stereocenters. The number of hydrogen-bond donors (Lipinski definition) is 0. The van der Waals surface area contributed by atoms with Gasteiger partial charge in [0.1, 0.15) is 11.4 Å². The van der Waals surface area contributed by atoms with E-state index in [4.69, 9.17) is 10.00 Å². The van der Waals surface area contributed by atoms with Gasteiger partial charge in [-0.1, -0.05) is 5.92 Å². The topological polar surface area (TPSA) is 84.0 Å². The lowest BCUT2D eigenvalue weighted by molar-refractivity contribution is 0.0195. The molecule has 27 heavy (non-hydrogen) atoms. The van der Waals surface area contributed by atoms with Crippen LogP contribution >= 0.6 is 0 Å². The zero-order valence-corrected chi connectivity index (χ0v) is 15.3. The highest BCUT2D eigenvalue weighted by Crippen LogP contribution is 2.16. The molecule has 1 aliphatic rings. The van der Waals surface area contributed by atoms with Gasteiger partial charge in [-0.25, -0.2) is 9.18 Å². The van der Waals surface area contributed by atoms with Crippen molar-refractivity contribution in [2.24, 2.45) is 0 Å². The monoisotopic (exact) mass is 367 g/mol. The summed E-state index contributed by atoms with van der Waals surface area (Å²) in [5.41, 5.74) is 0.0252. The molecule has 1 aliphatic heterocycles. The minimum Gasteiger partial charge on any atom is -0.444 e. The fourth-order valence-corrected chi connectivity index (χ4v) is 2.59. The van der Waals surface area contributed by atoms with Crippen LogP contribution in [0, 0.1) is 29.0 Å². The predicted octanol–water partition coefficient (Wildman–Crippen LogP) is 2.44. The quantitative estimate of drug-likeness (QED) is 0.668. The minimum atomic E-state index is -0.563. The molecule has 0 saturated heterocycles. The number of carbonyl (C=O) groups is 1. The van der Waals surface area contributed by atoms with Gasteiger partial charge >= 0.3 is 6.09 Å². The Balaban J connectivity index is 1.78. The predicted molar refractivity (Wildman–Crippen MR) is 93.8 cm³/mol.